The summed E-state index contributed by atoms with van der Waals surface area (Å²) in [5.74, 6) is 2.94. The van der Waals surface area contributed by atoms with Gasteiger partial charge in [-0.2, -0.15) is 13.2 Å². The van der Waals surface area contributed by atoms with Crippen molar-refractivity contribution in [3.05, 3.63) is 32.6 Å². The number of aromatic amines is 1. The van der Waals surface area contributed by atoms with Crippen molar-refractivity contribution in [1.82, 2.24) is 14.9 Å². The Morgan fingerprint density at radius 1 is 1.20 bits per heavy atom. The molecule has 1 aromatic heterocycles. The molecule has 2 heterocycles. The smallest absolute Gasteiger partial charge is 0.162 e. The SMILES string of the molecule is O=C(NCCOCC#CCc1cn([C@H]2CC[C@@H](COP(OO)(OOO)(P(=O)=O)P(=O)=O)O2)c(=O)[nH]c1=O)C(F)(F)F. The monoisotopic (exact) mass is 657 g/mol. The van der Waals surface area contributed by atoms with E-state index in [0.29, 0.717) is 0 Å². The fourth-order valence-electron chi connectivity index (χ4n) is 3.14. The molecular formula is C17H21F3N3O15P3. The summed E-state index contributed by atoms with van der Waals surface area (Å²) in [4.78, 5) is 37.2. The van der Waals surface area contributed by atoms with Crippen LogP contribution in [-0.2, 0) is 57.9 Å². The van der Waals surface area contributed by atoms with Crippen LogP contribution < -0.4 is 16.6 Å². The Morgan fingerprint density at radius 3 is 2.46 bits per heavy atom. The number of aromatic nitrogens is 2. The van der Waals surface area contributed by atoms with Crippen LogP contribution in [0, 0.1) is 11.8 Å². The van der Waals surface area contributed by atoms with Crippen LogP contribution in [0.5, 0.6) is 0 Å². The zero-order valence-corrected chi connectivity index (χ0v) is 23.0. The van der Waals surface area contributed by atoms with Gasteiger partial charge in [0.1, 0.15) is 0 Å². The molecule has 2 atom stereocenters. The summed E-state index contributed by atoms with van der Waals surface area (Å²) in [6.45, 7) is -8.33. The van der Waals surface area contributed by atoms with Crippen molar-refractivity contribution in [3.63, 3.8) is 0 Å². The summed E-state index contributed by atoms with van der Waals surface area (Å²) >= 11 is 0. The number of ether oxygens (including phenoxy) is 2. The predicted octanol–water partition coefficient (Wildman–Crippen LogP) is 1.86. The molecule has 1 saturated heterocycles. The number of alkyl halides is 3. The van der Waals surface area contributed by atoms with Gasteiger partial charge in [-0.3, -0.25) is 4.79 Å². The number of nitrogens with zero attached hydrogens (tertiary/aromatic N) is 1. The molecule has 0 spiro atoms. The van der Waals surface area contributed by atoms with E-state index in [4.69, 9.17) is 24.5 Å². The fraction of sp³-hybridized carbons (Fsp3) is 0.588. The zero-order chi connectivity index (χ0) is 30.9. The molecule has 230 valence electrons. The third-order valence-electron chi connectivity index (χ3n) is 5.13. The summed E-state index contributed by atoms with van der Waals surface area (Å²) in [5, 5.41) is 22.3. The van der Waals surface area contributed by atoms with Crippen molar-refractivity contribution < 1.29 is 75.1 Å². The molecule has 41 heavy (non-hydrogen) atoms. The standard InChI is InChI=1S/C17H21F3N3O15P3/c18-17(19,20)15(25)21-6-8-33-7-2-1-3-11-9-23(16(26)22-14(11)24)13-5-4-12(35-13)10-34-41(37-28,38-36-27,39(29)30)40(31)32/h9,12-13,27-28H,3-8,10H2,(H,21,25)(H,22,24,26)/t12-,13+/m0/s1. The van der Waals surface area contributed by atoms with Gasteiger partial charge in [0.05, 0.1) is 6.61 Å². The molecule has 0 saturated carbocycles. The number of hydrogen-bond acceptors (Lipinski definition) is 15. The molecule has 0 aromatic carbocycles. The second-order valence-electron chi connectivity index (χ2n) is 7.75. The van der Waals surface area contributed by atoms with Crippen LogP contribution in [0.4, 0.5) is 13.2 Å². The van der Waals surface area contributed by atoms with Crippen molar-refractivity contribution in [2.75, 3.05) is 26.4 Å². The third kappa shape index (κ3) is 8.25. The van der Waals surface area contributed by atoms with Gasteiger partial charge in [0.2, 0.25) is 0 Å². The summed E-state index contributed by atoms with van der Waals surface area (Å²) in [6, 6.07) is 0. The van der Waals surface area contributed by atoms with Crippen molar-refractivity contribution in [2.45, 2.75) is 37.8 Å². The molecule has 1 aromatic rings. The molecule has 1 aliphatic rings. The van der Waals surface area contributed by atoms with Gasteiger partial charge in [-0.15, -0.1) is 0 Å². The van der Waals surface area contributed by atoms with Crippen molar-refractivity contribution >= 4 is 27.3 Å². The topological polar surface area (TPSA) is 248 Å². The van der Waals surface area contributed by atoms with Crippen LogP contribution in [0.1, 0.15) is 24.6 Å². The molecule has 0 radical (unpaired) electrons. The van der Waals surface area contributed by atoms with Crippen LogP contribution in [0.15, 0.2) is 15.8 Å². The number of H-pyrrole nitrogens is 1. The van der Waals surface area contributed by atoms with Gasteiger partial charge in [-0.25, -0.2) is 0 Å². The number of halogens is 3. The molecule has 1 amide bonds. The first-order chi connectivity index (χ1) is 19.2. The Kier molecular flexibility index (Phi) is 12.3. The summed E-state index contributed by atoms with van der Waals surface area (Å²) < 4.78 is 106. The second kappa shape index (κ2) is 14.5. The zero-order valence-electron chi connectivity index (χ0n) is 20.3. The van der Waals surface area contributed by atoms with Gasteiger partial charge < -0.3 is 10.1 Å². The molecular weight excluding hydrogens is 636 g/mol. The van der Waals surface area contributed by atoms with Crippen molar-refractivity contribution in [1.29, 1.82) is 0 Å². The number of hydrogen-bond donors (Lipinski definition) is 4. The molecule has 18 nitrogen and oxygen atoms in total. The predicted molar refractivity (Wildman–Crippen MR) is 124 cm³/mol. The van der Waals surface area contributed by atoms with Gasteiger partial charge >= 0.3 is 185 Å². The van der Waals surface area contributed by atoms with E-state index in [1.54, 1.807) is 5.32 Å². The Bertz CT molecular complexity index is 1390. The largest absolute Gasteiger partial charge is 0.471 e. The van der Waals surface area contributed by atoms with Crippen molar-refractivity contribution in [2.24, 2.45) is 0 Å². The summed E-state index contributed by atoms with van der Waals surface area (Å²) in [7, 11) is -8.77. The average molecular weight is 657 g/mol. The fourth-order valence-corrected chi connectivity index (χ4v) is 7.59. The molecule has 24 heteroatoms. The van der Waals surface area contributed by atoms with E-state index in [1.807, 2.05) is 4.98 Å². The summed E-state index contributed by atoms with van der Waals surface area (Å²) in [6.07, 6.45) is -6.15. The van der Waals surface area contributed by atoms with Gasteiger partial charge in [0, 0.05) is 6.54 Å². The molecule has 0 unspecified atom stereocenters. The van der Waals surface area contributed by atoms with Gasteiger partial charge in [0.25, 0.3) is 0 Å². The van der Waals surface area contributed by atoms with Gasteiger partial charge in [-0.05, 0) is 0 Å². The van der Waals surface area contributed by atoms with E-state index < -0.39 is 70.2 Å². The Balaban J connectivity index is 2.01. The Labute approximate surface area is 226 Å². The van der Waals surface area contributed by atoms with Crippen LogP contribution >= 0.6 is 21.4 Å². The Morgan fingerprint density at radius 2 is 1.88 bits per heavy atom. The number of carbonyl (C=O) groups excluding carboxylic acids is 1. The van der Waals surface area contributed by atoms with Crippen LogP contribution in [0.3, 0.4) is 0 Å². The van der Waals surface area contributed by atoms with Crippen LogP contribution in [0.2, 0.25) is 0 Å². The van der Waals surface area contributed by atoms with Crippen molar-refractivity contribution in [3.8, 4) is 11.8 Å². The van der Waals surface area contributed by atoms with Gasteiger partial charge in [0.15, 0.2) is 0 Å². The minimum absolute atomic E-state index is 0.00310. The van der Waals surface area contributed by atoms with Crippen LogP contribution in [-0.4, -0.2) is 64.6 Å². The van der Waals surface area contributed by atoms with E-state index in [2.05, 4.69) is 26.2 Å². The maximum absolute atomic E-state index is 12.3. The number of amides is 1. The molecule has 1 aliphatic heterocycles. The minimum Gasteiger partial charge on any atom is -0.162 e. The number of carbonyl (C=O) groups is 1. The minimum atomic E-state index is -6.50. The number of rotatable bonds is 14. The molecule has 1 fully saturated rings. The Hall–Kier alpha value is -2.59. The molecule has 4 N–H and O–H groups in total. The third-order valence-corrected chi connectivity index (χ3v) is 14.9. The van der Waals surface area contributed by atoms with Crippen LogP contribution in [0.25, 0.3) is 0 Å². The van der Waals surface area contributed by atoms with E-state index in [-0.39, 0.29) is 38.0 Å². The first-order valence-electron chi connectivity index (χ1n) is 10.9. The van der Waals surface area contributed by atoms with E-state index in [9.17, 15) is 45.8 Å². The molecule has 0 bridgehead atoms. The summed E-state index contributed by atoms with van der Waals surface area (Å²) in [5.41, 5.74) is -1.69. The first kappa shape index (κ1) is 34.6. The molecule has 2 rings (SSSR count). The maximum Gasteiger partial charge on any atom is 0.471 e. The molecule has 0 aliphatic carbocycles. The van der Waals surface area contributed by atoms with E-state index in [0.717, 1.165) is 10.8 Å². The van der Waals surface area contributed by atoms with E-state index in [1.165, 1.54) is 0 Å². The maximum atomic E-state index is 12.3. The quantitative estimate of drug-likeness (QED) is 0.0733. The second-order valence-corrected chi connectivity index (χ2v) is 17.9. The first-order valence-corrected chi connectivity index (χ1v) is 16.7. The van der Waals surface area contributed by atoms with E-state index >= 15 is 0 Å². The number of nitrogens with one attached hydrogen (secondary N) is 2. The average Bonchev–Trinajstić information content (AvgIpc) is 3.37. The normalized spacial score (nSPS) is 18.1. The van der Waals surface area contributed by atoms with Gasteiger partial charge in [-0.1, -0.05) is 0 Å².